The van der Waals surface area contributed by atoms with Gasteiger partial charge in [-0.15, -0.1) is 0 Å². The van der Waals surface area contributed by atoms with Crippen molar-refractivity contribution in [2.45, 2.75) is 164 Å². The number of H-pyrrole nitrogens is 2. The van der Waals surface area contributed by atoms with Crippen molar-refractivity contribution in [2.24, 2.45) is 17.8 Å². The number of allylic oxidation sites excluding steroid dienone is 3. The Balaban J connectivity index is 1.24. The van der Waals surface area contributed by atoms with Crippen molar-refractivity contribution in [3.63, 3.8) is 0 Å². The number of aryl methyl sites for hydroxylation is 2. The zero-order valence-corrected chi connectivity index (χ0v) is 40.7. The number of nitrogens with one attached hydrogen (secondary N) is 2. The molecule has 9 nitrogen and oxygen atoms in total. The lowest BCUT2D eigenvalue weighted by Gasteiger charge is -2.18. The summed E-state index contributed by atoms with van der Waals surface area (Å²) in [5.74, 6) is -0.519. The van der Waals surface area contributed by atoms with Crippen molar-refractivity contribution in [1.29, 1.82) is 0 Å². The quantitative estimate of drug-likeness (QED) is 0.0657. The maximum absolute atomic E-state index is 14.4. The van der Waals surface area contributed by atoms with E-state index < -0.39 is 11.9 Å². The molecule has 0 aromatic carbocycles. The van der Waals surface area contributed by atoms with E-state index in [1.165, 1.54) is 57.6 Å². The van der Waals surface area contributed by atoms with Crippen LogP contribution in [0.15, 0.2) is 36.4 Å². The first-order valence-corrected chi connectivity index (χ1v) is 24.1. The number of Topliss-reactive ketones (excluding diaryl/α,β-unsaturated/α-hetero) is 1. The second kappa shape index (κ2) is 21.3. The number of hydrogen-bond donors (Lipinski definition) is 2. The minimum atomic E-state index is -1.18. The van der Waals surface area contributed by atoms with E-state index in [9.17, 15) is 14.4 Å². The molecular weight excluding hydrogens is 797 g/mol. The van der Waals surface area contributed by atoms with Gasteiger partial charge in [-0.3, -0.25) is 19.4 Å². The second-order valence-electron chi connectivity index (χ2n) is 19.6. The molecule has 0 spiro atoms. The number of aromatic nitrogens is 4. The summed E-state index contributed by atoms with van der Waals surface area (Å²) >= 11 is 0. The highest BCUT2D eigenvalue weighted by atomic mass is 16.5. The number of ketones is 1. The van der Waals surface area contributed by atoms with E-state index in [1.807, 2.05) is 25.1 Å². The largest absolute Gasteiger partial charge is 0.468 e. The highest BCUT2D eigenvalue weighted by Gasteiger charge is 2.45. The van der Waals surface area contributed by atoms with Crippen LogP contribution in [0.5, 0.6) is 0 Å². The third-order valence-corrected chi connectivity index (χ3v) is 14.4. The summed E-state index contributed by atoms with van der Waals surface area (Å²) in [7, 11) is 1.31. The number of methoxy groups -OCH3 is 1. The number of rotatable bonds is 20. The second-order valence-corrected chi connectivity index (χ2v) is 19.6. The van der Waals surface area contributed by atoms with Gasteiger partial charge in [-0.1, -0.05) is 105 Å². The standard InChI is InChI=1S/C55H74N4O5/c1-13-39-35(8)42-28-44-37(10)41(24-25-48(60)64-27-26-34(7)23-17-22-33(6)21-16-20-32(5)19-15-18-31(3)4)52(58-44)50-51(55(62)63-12)54(61)49-38(11)45(59-53(49)50)30-47-40(14-2)36(9)43(57-47)29-46(39)56-42/h13,26,28-33,37,41,51,56,59H,1,14-25,27H2,2-12H3/b34-26-,42-28?,43-29?,44-28?,45-30?,46-29?,47-30?,52-50?/t32?,33?,37-,41-,51?/m1/s1. The normalized spacial score (nSPS) is 18.2. The lowest BCUT2D eigenvalue weighted by molar-refractivity contribution is -0.143. The molecule has 0 amide bonds. The number of nitrogens with zero attached hydrogens (tertiary/aromatic N) is 2. The molecule has 6 rings (SSSR count). The van der Waals surface area contributed by atoms with Crippen LogP contribution in [0.4, 0.5) is 0 Å². The Morgan fingerprint density at radius 2 is 1.52 bits per heavy atom. The van der Waals surface area contributed by atoms with Gasteiger partial charge in [-0.05, 0) is 118 Å². The van der Waals surface area contributed by atoms with Gasteiger partial charge in [0.25, 0.3) is 0 Å². The molecular formula is C55H74N4O5. The Morgan fingerprint density at radius 1 is 0.859 bits per heavy atom. The fourth-order valence-electron chi connectivity index (χ4n) is 10.2. The average Bonchev–Trinajstić information content (AvgIpc) is 3.99. The highest BCUT2D eigenvalue weighted by Crippen LogP contribution is 2.48. The topological polar surface area (TPSA) is 127 Å². The minimum Gasteiger partial charge on any atom is -0.468 e. The summed E-state index contributed by atoms with van der Waals surface area (Å²) in [4.78, 5) is 59.0. The first kappa shape index (κ1) is 48.4. The maximum atomic E-state index is 14.4. The van der Waals surface area contributed by atoms with Crippen LogP contribution >= 0.6 is 0 Å². The molecule has 2 N–H and O–H groups in total. The monoisotopic (exact) mass is 871 g/mol. The smallest absolute Gasteiger partial charge is 0.321 e. The Hall–Kier alpha value is -5.05. The van der Waals surface area contributed by atoms with Crippen LogP contribution in [-0.4, -0.2) is 51.4 Å². The predicted octanol–water partition coefficient (Wildman–Crippen LogP) is 14.0. The van der Waals surface area contributed by atoms with Crippen LogP contribution in [0.25, 0.3) is 39.3 Å². The van der Waals surface area contributed by atoms with Gasteiger partial charge in [0.1, 0.15) is 12.5 Å². The summed E-state index contributed by atoms with van der Waals surface area (Å²) in [5.41, 5.74) is 13.4. The Morgan fingerprint density at radius 3 is 2.17 bits per heavy atom. The lowest BCUT2D eigenvalue weighted by Crippen LogP contribution is -2.21. The van der Waals surface area contributed by atoms with Crippen molar-refractivity contribution in [3.8, 4) is 0 Å². The van der Waals surface area contributed by atoms with Gasteiger partial charge in [0.2, 0.25) is 0 Å². The number of carbonyl (C=O) groups is 3. The Bertz CT molecular complexity index is 2480. The van der Waals surface area contributed by atoms with E-state index in [-0.39, 0.29) is 36.6 Å². The number of fused-ring (bicyclic) bond motifs is 8. The fraction of sp³-hybridized carbons (Fsp3) is 0.545. The predicted molar refractivity (Wildman–Crippen MR) is 262 cm³/mol. The van der Waals surface area contributed by atoms with Crippen LogP contribution in [0.1, 0.15) is 206 Å². The number of aromatic amines is 2. The first-order chi connectivity index (χ1) is 30.6. The molecule has 3 aromatic rings. The van der Waals surface area contributed by atoms with E-state index in [2.05, 4.69) is 91.0 Å². The lowest BCUT2D eigenvalue weighted by atomic mass is 9.84. The third kappa shape index (κ3) is 10.6. The molecule has 0 saturated heterocycles. The van der Waals surface area contributed by atoms with Crippen LogP contribution in [0.2, 0.25) is 0 Å². The van der Waals surface area contributed by atoms with Crippen molar-refractivity contribution < 1.29 is 23.9 Å². The first-order valence-electron chi connectivity index (χ1n) is 24.1. The van der Waals surface area contributed by atoms with Crippen molar-refractivity contribution >= 4 is 57.0 Å². The van der Waals surface area contributed by atoms with Crippen LogP contribution in [-0.2, 0) is 19.1 Å². The number of carbonyl (C=O) groups excluding carboxylic acids is 3. The van der Waals surface area contributed by atoms with Crippen LogP contribution in [0.3, 0.4) is 0 Å². The zero-order chi connectivity index (χ0) is 46.4. The zero-order valence-electron chi connectivity index (χ0n) is 40.7. The van der Waals surface area contributed by atoms with E-state index >= 15 is 0 Å². The summed E-state index contributed by atoms with van der Waals surface area (Å²) in [6, 6.07) is 6.14. The van der Waals surface area contributed by atoms with Crippen molar-refractivity contribution in [1.82, 2.24) is 19.9 Å². The molecule has 1 aliphatic carbocycles. The molecule has 0 radical (unpaired) electrons. The Kier molecular flexibility index (Phi) is 16.1. The molecule has 3 aliphatic rings. The van der Waals surface area contributed by atoms with E-state index in [1.54, 1.807) is 0 Å². The van der Waals surface area contributed by atoms with Crippen molar-refractivity contribution in [3.05, 3.63) is 87.0 Å². The maximum Gasteiger partial charge on any atom is 0.321 e. The van der Waals surface area contributed by atoms with E-state index in [0.717, 1.165) is 98.5 Å². The van der Waals surface area contributed by atoms with Gasteiger partial charge < -0.3 is 19.4 Å². The average molecular weight is 871 g/mol. The minimum absolute atomic E-state index is 0.149. The van der Waals surface area contributed by atoms with E-state index in [0.29, 0.717) is 28.8 Å². The number of ether oxygens (including phenoxy) is 2. The molecule has 3 unspecified atom stereocenters. The SMILES string of the molecule is C=Cc1c(C)c2cc3nc(c4c5[nH]c(cc6nc(cc1[nH]2)C(C)=C6CC)c(C)c5C(=O)C4C(=O)OC)[C@H](CCC(=O)OC/C=C(/C)CCCC(C)CCCC(C)CCCC(C)C)[C@H]3C. The molecule has 2 aliphatic heterocycles. The fourth-order valence-corrected chi connectivity index (χ4v) is 10.2. The summed E-state index contributed by atoms with van der Waals surface area (Å²) < 4.78 is 11.1. The van der Waals surface area contributed by atoms with Crippen molar-refractivity contribution in [2.75, 3.05) is 13.7 Å². The van der Waals surface area contributed by atoms with Crippen LogP contribution < -0.4 is 0 Å². The third-order valence-electron chi connectivity index (χ3n) is 14.4. The van der Waals surface area contributed by atoms with Crippen LogP contribution in [0, 0.1) is 31.6 Å². The van der Waals surface area contributed by atoms with Gasteiger partial charge in [-0.25, -0.2) is 4.98 Å². The van der Waals surface area contributed by atoms with E-state index in [4.69, 9.17) is 19.4 Å². The molecule has 8 bridgehead atoms. The number of esters is 2. The summed E-state index contributed by atoms with van der Waals surface area (Å²) in [5, 5.41) is 0. The summed E-state index contributed by atoms with van der Waals surface area (Å²) in [6.45, 7) is 26.2. The van der Waals surface area contributed by atoms with Gasteiger partial charge in [0.05, 0.1) is 29.7 Å². The Labute approximate surface area is 382 Å². The summed E-state index contributed by atoms with van der Waals surface area (Å²) in [6.07, 6.45) is 16.6. The molecule has 5 atom stereocenters. The molecule has 0 saturated carbocycles. The molecule has 9 heteroatoms. The van der Waals surface area contributed by atoms with Gasteiger partial charge in [0.15, 0.2) is 5.78 Å². The van der Waals surface area contributed by atoms with Gasteiger partial charge in [-0.2, -0.15) is 0 Å². The molecule has 0 fully saturated rings. The van der Waals surface area contributed by atoms with Gasteiger partial charge >= 0.3 is 11.9 Å². The molecule has 3 aromatic heterocycles. The number of hydrogen-bond acceptors (Lipinski definition) is 7. The highest BCUT2D eigenvalue weighted by molar-refractivity contribution is 6.23. The molecule has 64 heavy (non-hydrogen) atoms. The molecule has 344 valence electrons. The molecule has 5 heterocycles. The van der Waals surface area contributed by atoms with Gasteiger partial charge in [0, 0.05) is 57.2 Å².